The van der Waals surface area contributed by atoms with Gasteiger partial charge in [-0.05, 0) is 18.3 Å². The van der Waals surface area contributed by atoms with Gasteiger partial charge >= 0.3 is 0 Å². The molecule has 0 aromatic heterocycles. The van der Waals surface area contributed by atoms with Gasteiger partial charge in [-0.25, -0.2) is 13.6 Å². The Morgan fingerprint density at radius 1 is 1.33 bits per heavy atom. The van der Waals surface area contributed by atoms with Gasteiger partial charge in [-0.2, -0.15) is 0 Å². The molecule has 0 radical (unpaired) electrons. The Morgan fingerprint density at radius 3 is 2.60 bits per heavy atom. The first-order valence-electron chi connectivity index (χ1n) is 5.64. The van der Waals surface area contributed by atoms with Crippen LogP contribution in [0.2, 0.25) is 0 Å². The summed E-state index contributed by atoms with van der Waals surface area (Å²) in [4.78, 5) is 0. The van der Waals surface area contributed by atoms with Crippen molar-refractivity contribution in [3.8, 4) is 0 Å². The van der Waals surface area contributed by atoms with E-state index >= 15 is 0 Å². The predicted octanol–water partition coefficient (Wildman–Crippen LogP) is 0.689. The van der Waals surface area contributed by atoms with E-state index < -0.39 is 10.0 Å². The molecule has 0 aliphatic heterocycles. The van der Waals surface area contributed by atoms with E-state index in [9.17, 15) is 8.42 Å². The second-order valence-electron chi connectivity index (χ2n) is 4.69. The Labute approximate surface area is 92.7 Å². The third-order valence-corrected chi connectivity index (χ3v) is 4.27. The zero-order valence-electron chi connectivity index (χ0n) is 9.57. The summed E-state index contributed by atoms with van der Waals surface area (Å²) in [5.41, 5.74) is 0. The molecule has 3 atom stereocenters. The first-order valence-corrected chi connectivity index (χ1v) is 7.35. The molecule has 3 N–H and O–H groups in total. The van der Waals surface area contributed by atoms with Crippen molar-refractivity contribution >= 4 is 10.0 Å². The summed E-state index contributed by atoms with van der Waals surface area (Å²) in [7, 11) is -3.32. The fourth-order valence-electron chi connectivity index (χ4n) is 2.26. The van der Waals surface area contributed by atoms with Gasteiger partial charge in [0.25, 0.3) is 0 Å². The second-order valence-corrected chi connectivity index (χ2v) is 6.43. The van der Waals surface area contributed by atoms with Crippen molar-refractivity contribution < 1.29 is 8.42 Å². The normalized spacial score (nSPS) is 32.9. The predicted molar refractivity (Wildman–Crippen MR) is 61.9 cm³/mol. The second kappa shape index (κ2) is 5.27. The fraction of sp³-hybridized carbons (Fsp3) is 1.00. The fourth-order valence-corrected chi connectivity index (χ4v) is 2.66. The van der Waals surface area contributed by atoms with E-state index in [2.05, 4.69) is 19.2 Å². The van der Waals surface area contributed by atoms with Gasteiger partial charge in [0.05, 0.1) is 5.75 Å². The van der Waals surface area contributed by atoms with Crippen LogP contribution in [0, 0.1) is 11.8 Å². The average molecular weight is 234 g/mol. The Balaban J connectivity index is 2.32. The van der Waals surface area contributed by atoms with E-state index in [1.54, 1.807) is 0 Å². The van der Waals surface area contributed by atoms with E-state index in [-0.39, 0.29) is 5.75 Å². The first-order chi connectivity index (χ1) is 6.90. The van der Waals surface area contributed by atoms with Gasteiger partial charge in [0.1, 0.15) is 0 Å². The number of rotatable bonds is 4. The van der Waals surface area contributed by atoms with Crippen molar-refractivity contribution in [3.63, 3.8) is 0 Å². The lowest BCUT2D eigenvalue weighted by Crippen LogP contribution is -2.42. The lowest BCUT2D eigenvalue weighted by molar-refractivity contribution is 0.209. The summed E-state index contributed by atoms with van der Waals surface area (Å²) >= 11 is 0. The minimum atomic E-state index is -3.32. The summed E-state index contributed by atoms with van der Waals surface area (Å²) in [6.45, 7) is 4.97. The van der Waals surface area contributed by atoms with Crippen LogP contribution < -0.4 is 10.5 Å². The zero-order valence-corrected chi connectivity index (χ0v) is 10.4. The molecule has 90 valence electrons. The monoisotopic (exact) mass is 234 g/mol. The highest BCUT2D eigenvalue weighted by Crippen LogP contribution is 2.29. The Morgan fingerprint density at radius 2 is 2.00 bits per heavy atom. The van der Waals surface area contributed by atoms with Gasteiger partial charge in [0.2, 0.25) is 10.0 Å². The highest BCUT2D eigenvalue weighted by Gasteiger charge is 2.26. The standard InChI is InChI=1S/C10H22N2O2S/c1-8-4-3-5-10(9(8)2)12-6-7-15(11,13)14/h8-10,12H,3-7H2,1-2H3,(H2,11,13,14). The molecule has 0 aromatic carbocycles. The summed E-state index contributed by atoms with van der Waals surface area (Å²) in [6.07, 6.45) is 3.67. The first kappa shape index (κ1) is 12.9. The number of nitrogens with two attached hydrogens (primary N) is 1. The van der Waals surface area contributed by atoms with Gasteiger partial charge < -0.3 is 5.32 Å². The van der Waals surface area contributed by atoms with E-state index in [0.717, 1.165) is 12.3 Å². The van der Waals surface area contributed by atoms with Crippen molar-refractivity contribution in [2.45, 2.75) is 39.2 Å². The van der Waals surface area contributed by atoms with Gasteiger partial charge in [-0.1, -0.05) is 26.7 Å². The van der Waals surface area contributed by atoms with Crippen molar-refractivity contribution in [1.29, 1.82) is 0 Å². The lowest BCUT2D eigenvalue weighted by Gasteiger charge is -2.34. The van der Waals surface area contributed by atoms with E-state index in [0.29, 0.717) is 18.5 Å². The molecule has 1 saturated carbocycles. The molecule has 1 rings (SSSR count). The van der Waals surface area contributed by atoms with Crippen molar-refractivity contribution in [1.82, 2.24) is 5.32 Å². The van der Waals surface area contributed by atoms with E-state index in [4.69, 9.17) is 5.14 Å². The number of sulfonamides is 1. The highest BCUT2D eigenvalue weighted by molar-refractivity contribution is 7.89. The Kier molecular flexibility index (Phi) is 4.55. The van der Waals surface area contributed by atoms with Crippen LogP contribution >= 0.6 is 0 Å². The Hall–Kier alpha value is -0.130. The summed E-state index contributed by atoms with van der Waals surface area (Å²) < 4.78 is 21.5. The smallest absolute Gasteiger partial charge is 0.210 e. The lowest BCUT2D eigenvalue weighted by atomic mass is 9.78. The largest absolute Gasteiger partial charge is 0.313 e. The molecule has 15 heavy (non-hydrogen) atoms. The molecule has 3 unspecified atom stereocenters. The average Bonchev–Trinajstić information content (AvgIpc) is 2.10. The minimum Gasteiger partial charge on any atom is -0.313 e. The molecule has 1 fully saturated rings. The zero-order chi connectivity index (χ0) is 11.5. The quantitative estimate of drug-likeness (QED) is 0.751. The third kappa shape index (κ3) is 4.49. The summed E-state index contributed by atoms with van der Waals surface area (Å²) in [5.74, 6) is 1.38. The molecule has 4 nitrogen and oxygen atoms in total. The maximum atomic E-state index is 10.8. The van der Waals surface area contributed by atoms with Crippen LogP contribution in [0.25, 0.3) is 0 Å². The molecule has 0 saturated heterocycles. The number of nitrogens with one attached hydrogen (secondary N) is 1. The van der Waals surface area contributed by atoms with Gasteiger partial charge in [0, 0.05) is 12.6 Å². The van der Waals surface area contributed by atoms with Crippen LogP contribution in [0.15, 0.2) is 0 Å². The molecule has 1 aliphatic rings. The van der Waals surface area contributed by atoms with Crippen LogP contribution in [0.1, 0.15) is 33.1 Å². The van der Waals surface area contributed by atoms with Crippen LogP contribution in [-0.2, 0) is 10.0 Å². The molecule has 0 heterocycles. The molecule has 1 aliphatic carbocycles. The van der Waals surface area contributed by atoms with E-state index in [1.165, 1.54) is 12.8 Å². The van der Waals surface area contributed by atoms with Crippen LogP contribution in [0.4, 0.5) is 0 Å². The molecule has 5 heteroatoms. The molecular weight excluding hydrogens is 212 g/mol. The summed E-state index contributed by atoms with van der Waals surface area (Å²) in [5, 5.41) is 8.24. The van der Waals surface area contributed by atoms with Crippen LogP contribution in [-0.4, -0.2) is 26.8 Å². The summed E-state index contributed by atoms with van der Waals surface area (Å²) in [6, 6.07) is 0.454. The van der Waals surface area contributed by atoms with Crippen LogP contribution in [0.5, 0.6) is 0 Å². The maximum Gasteiger partial charge on any atom is 0.210 e. The van der Waals surface area contributed by atoms with Gasteiger partial charge in [-0.3, -0.25) is 0 Å². The Bertz CT molecular complexity index is 290. The number of primary sulfonamides is 1. The molecular formula is C10H22N2O2S. The maximum absolute atomic E-state index is 10.8. The van der Waals surface area contributed by atoms with Crippen molar-refractivity contribution in [2.24, 2.45) is 17.0 Å². The van der Waals surface area contributed by atoms with Crippen LogP contribution in [0.3, 0.4) is 0 Å². The molecule has 0 amide bonds. The van der Waals surface area contributed by atoms with Gasteiger partial charge in [0.15, 0.2) is 0 Å². The molecule has 0 bridgehead atoms. The highest BCUT2D eigenvalue weighted by atomic mass is 32.2. The van der Waals surface area contributed by atoms with Crippen molar-refractivity contribution in [3.05, 3.63) is 0 Å². The topological polar surface area (TPSA) is 72.2 Å². The molecule has 0 spiro atoms. The number of hydrogen-bond acceptors (Lipinski definition) is 3. The van der Waals surface area contributed by atoms with E-state index in [1.807, 2.05) is 0 Å². The van der Waals surface area contributed by atoms with Crippen molar-refractivity contribution in [2.75, 3.05) is 12.3 Å². The van der Waals surface area contributed by atoms with Gasteiger partial charge in [-0.15, -0.1) is 0 Å². The SMILES string of the molecule is CC1CCCC(NCCS(N)(=O)=O)C1C. The number of hydrogen-bond donors (Lipinski definition) is 2. The minimum absolute atomic E-state index is 0.0323. The third-order valence-electron chi connectivity index (χ3n) is 3.50. The molecule has 0 aromatic rings.